The second-order valence-electron chi connectivity index (χ2n) is 7.62. The van der Waals surface area contributed by atoms with Crippen molar-refractivity contribution in [2.24, 2.45) is 0 Å². The van der Waals surface area contributed by atoms with Crippen molar-refractivity contribution in [2.45, 2.75) is 51.5 Å². The molecular weight excluding hydrogens is 390 g/mol. The molecule has 5 amide bonds. The molecule has 0 radical (unpaired) electrons. The van der Waals surface area contributed by atoms with Crippen molar-refractivity contribution in [3.8, 4) is 5.75 Å². The topological polar surface area (TPSA) is 122 Å². The van der Waals surface area contributed by atoms with Gasteiger partial charge in [-0.05, 0) is 31.9 Å². The summed E-state index contributed by atoms with van der Waals surface area (Å²) in [7, 11) is 0. The summed E-state index contributed by atoms with van der Waals surface area (Å²) >= 11 is 0. The highest BCUT2D eigenvalue weighted by Gasteiger charge is 2.53. The first-order valence-electron chi connectivity index (χ1n) is 10.0. The molecule has 1 fully saturated rings. The molecule has 160 valence electrons. The summed E-state index contributed by atoms with van der Waals surface area (Å²) in [4.78, 5) is 62.8. The van der Waals surface area contributed by atoms with Crippen LogP contribution in [0, 0.1) is 0 Å². The lowest BCUT2D eigenvalue weighted by atomic mass is 9.89. The summed E-state index contributed by atoms with van der Waals surface area (Å²) in [5, 5.41) is 4.93. The maximum Gasteiger partial charge on any atom is 0.266 e. The quantitative estimate of drug-likeness (QED) is 0.485. The van der Waals surface area contributed by atoms with Crippen molar-refractivity contribution in [1.82, 2.24) is 15.5 Å². The highest BCUT2D eigenvalue weighted by Crippen LogP contribution is 2.37. The number of hydrogen-bond donors (Lipinski definition) is 2. The minimum atomic E-state index is -1.48. The van der Waals surface area contributed by atoms with E-state index in [2.05, 4.69) is 17.6 Å². The Kier molecular flexibility index (Phi) is 6.19. The van der Waals surface area contributed by atoms with E-state index in [1.807, 2.05) is 0 Å². The van der Waals surface area contributed by atoms with E-state index in [0.29, 0.717) is 6.54 Å². The second kappa shape index (κ2) is 8.64. The Labute approximate surface area is 174 Å². The van der Waals surface area contributed by atoms with Gasteiger partial charge < -0.3 is 10.1 Å². The Balaban J connectivity index is 1.76. The van der Waals surface area contributed by atoms with E-state index in [1.54, 1.807) is 6.07 Å². The second-order valence-corrected chi connectivity index (χ2v) is 7.62. The zero-order valence-corrected chi connectivity index (χ0v) is 17.1. The zero-order valence-electron chi connectivity index (χ0n) is 17.1. The summed E-state index contributed by atoms with van der Waals surface area (Å²) in [5.41, 5.74) is -1.35. The van der Waals surface area contributed by atoms with Crippen LogP contribution < -0.4 is 15.4 Å². The zero-order chi connectivity index (χ0) is 21.9. The summed E-state index contributed by atoms with van der Waals surface area (Å²) in [6, 6.07) is 4.53. The number of piperidine rings is 1. The van der Waals surface area contributed by atoms with Gasteiger partial charge in [0.2, 0.25) is 5.91 Å². The Hall–Kier alpha value is -3.23. The monoisotopic (exact) mass is 415 g/mol. The highest BCUT2D eigenvalue weighted by atomic mass is 16.5. The number of carbonyl (C=O) groups excluding carboxylic acids is 5. The molecule has 0 aromatic heterocycles. The van der Waals surface area contributed by atoms with E-state index in [1.165, 1.54) is 19.1 Å². The van der Waals surface area contributed by atoms with Gasteiger partial charge in [0.15, 0.2) is 6.61 Å². The summed E-state index contributed by atoms with van der Waals surface area (Å²) < 4.78 is 5.53. The van der Waals surface area contributed by atoms with Crippen LogP contribution in [0.3, 0.4) is 0 Å². The summed E-state index contributed by atoms with van der Waals surface area (Å²) in [6.07, 6.45) is 2.99. The summed E-state index contributed by atoms with van der Waals surface area (Å²) in [6.45, 7) is 3.77. The molecule has 9 nitrogen and oxygen atoms in total. The van der Waals surface area contributed by atoms with Crippen LogP contribution in [0.2, 0.25) is 0 Å². The molecule has 1 atom stereocenters. The average Bonchev–Trinajstić information content (AvgIpc) is 2.98. The smallest absolute Gasteiger partial charge is 0.266 e. The molecule has 1 aromatic rings. The Morgan fingerprint density at radius 2 is 1.97 bits per heavy atom. The van der Waals surface area contributed by atoms with Crippen LogP contribution in [0.4, 0.5) is 0 Å². The Bertz CT molecular complexity index is 912. The number of rotatable bonds is 8. The van der Waals surface area contributed by atoms with Gasteiger partial charge in [0.05, 0.1) is 11.1 Å². The standard InChI is InChI=1S/C21H25N3O6/c1-3-4-5-11-22-16(26)12-30-14-8-6-7-13-17(14)19(28)24(18(13)27)21(2)10-9-15(25)23-20(21)29/h6-8H,3-5,9-12H2,1-2H3,(H,22,26)(H,23,25,29). The number of fused-ring (bicyclic) bond motifs is 1. The molecule has 2 heterocycles. The van der Waals surface area contributed by atoms with Crippen LogP contribution in [0.15, 0.2) is 18.2 Å². The number of hydrogen-bond acceptors (Lipinski definition) is 6. The third kappa shape index (κ3) is 3.92. The van der Waals surface area contributed by atoms with Crippen LogP contribution >= 0.6 is 0 Å². The van der Waals surface area contributed by atoms with E-state index < -0.39 is 29.2 Å². The number of carbonyl (C=O) groups is 5. The van der Waals surface area contributed by atoms with Gasteiger partial charge in [-0.15, -0.1) is 0 Å². The predicted octanol–water partition coefficient (Wildman–Crippen LogP) is 1.16. The van der Waals surface area contributed by atoms with Crippen LogP contribution in [-0.4, -0.2) is 53.1 Å². The number of amides is 5. The molecule has 0 bridgehead atoms. The van der Waals surface area contributed by atoms with Gasteiger partial charge in [-0.3, -0.25) is 34.2 Å². The molecule has 2 N–H and O–H groups in total. The molecule has 30 heavy (non-hydrogen) atoms. The molecule has 9 heteroatoms. The number of nitrogens with zero attached hydrogens (tertiary/aromatic N) is 1. The number of unbranched alkanes of at least 4 members (excludes halogenated alkanes) is 2. The van der Waals surface area contributed by atoms with Gasteiger partial charge in [0, 0.05) is 13.0 Å². The molecule has 0 aliphatic carbocycles. The van der Waals surface area contributed by atoms with Gasteiger partial charge in [-0.25, -0.2) is 0 Å². The maximum atomic E-state index is 13.1. The number of ether oxygens (including phenoxy) is 1. The molecule has 3 rings (SSSR count). The number of imide groups is 2. The first-order chi connectivity index (χ1) is 14.3. The Morgan fingerprint density at radius 3 is 2.67 bits per heavy atom. The lowest BCUT2D eigenvalue weighted by Crippen LogP contribution is -2.62. The molecule has 0 saturated carbocycles. The van der Waals surface area contributed by atoms with E-state index in [-0.39, 0.29) is 42.2 Å². The SMILES string of the molecule is CCCCCNC(=O)COc1cccc2c1C(=O)N(C1(C)CCC(=O)NC1=O)C2=O. The van der Waals surface area contributed by atoms with Gasteiger partial charge in [-0.2, -0.15) is 0 Å². The van der Waals surface area contributed by atoms with Crippen LogP contribution in [0.25, 0.3) is 0 Å². The van der Waals surface area contributed by atoms with E-state index in [9.17, 15) is 24.0 Å². The maximum absolute atomic E-state index is 13.1. The first-order valence-corrected chi connectivity index (χ1v) is 10.0. The van der Waals surface area contributed by atoms with Crippen molar-refractivity contribution in [3.05, 3.63) is 29.3 Å². The first kappa shape index (κ1) is 21.5. The van der Waals surface area contributed by atoms with Crippen molar-refractivity contribution in [1.29, 1.82) is 0 Å². The fourth-order valence-corrected chi connectivity index (χ4v) is 3.63. The lowest BCUT2D eigenvalue weighted by Gasteiger charge is -2.38. The van der Waals surface area contributed by atoms with Crippen molar-refractivity contribution in [2.75, 3.05) is 13.2 Å². The molecule has 0 spiro atoms. The fourth-order valence-electron chi connectivity index (χ4n) is 3.63. The Morgan fingerprint density at radius 1 is 1.20 bits per heavy atom. The molecule has 2 aliphatic rings. The molecule has 1 unspecified atom stereocenters. The normalized spacial score (nSPS) is 20.8. The lowest BCUT2D eigenvalue weighted by molar-refractivity contribution is -0.141. The van der Waals surface area contributed by atoms with Crippen molar-refractivity contribution < 1.29 is 28.7 Å². The van der Waals surface area contributed by atoms with E-state index >= 15 is 0 Å². The molecular formula is C21H25N3O6. The largest absolute Gasteiger partial charge is 0.483 e. The summed E-state index contributed by atoms with van der Waals surface area (Å²) in [5.74, 6) is -2.66. The minimum Gasteiger partial charge on any atom is -0.483 e. The number of nitrogens with one attached hydrogen (secondary N) is 2. The molecule has 1 saturated heterocycles. The predicted molar refractivity (Wildman–Crippen MR) is 106 cm³/mol. The average molecular weight is 415 g/mol. The van der Waals surface area contributed by atoms with Crippen LogP contribution in [-0.2, 0) is 14.4 Å². The van der Waals surface area contributed by atoms with Crippen LogP contribution in [0.1, 0.15) is 66.7 Å². The van der Waals surface area contributed by atoms with E-state index in [0.717, 1.165) is 24.2 Å². The third-order valence-electron chi connectivity index (χ3n) is 5.41. The van der Waals surface area contributed by atoms with Gasteiger partial charge in [0.25, 0.3) is 23.6 Å². The molecule has 1 aromatic carbocycles. The van der Waals surface area contributed by atoms with Gasteiger partial charge >= 0.3 is 0 Å². The fraction of sp³-hybridized carbons (Fsp3) is 0.476. The van der Waals surface area contributed by atoms with Crippen LogP contribution in [0.5, 0.6) is 5.75 Å². The van der Waals surface area contributed by atoms with Crippen molar-refractivity contribution >= 4 is 29.5 Å². The number of benzene rings is 1. The molecule has 2 aliphatic heterocycles. The highest BCUT2D eigenvalue weighted by molar-refractivity contribution is 6.25. The third-order valence-corrected chi connectivity index (χ3v) is 5.41. The van der Waals surface area contributed by atoms with Gasteiger partial charge in [-0.1, -0.05) is 25.8 Å². The van der Waals surface area contributed by atoms with Crippen molar-refractivity contribution in [3.63, 3.8) is 0 Å². The minimum absolute atomic E-state index is 0.0206. The van der Waals surface area contributed by atoms with Gasteiger partial charge in [0.1, 0.15) is 11.3 Å². The van der Waals surface area contributed by atoms with E-state index in [4.69, 9.17) is 4.74 Å².